The lowest BCUT2D eigenvalue weighted by atomic mass is 9.95. The van der Waals surface area contributed by atoms with Gasteiger partial charge in [0.25, 0.3) is 0 Å². The number of nitrogens with one attached hydrogen (secondary N) is 1. The Hall–Kier alpha value is -0.280. The zero-order valence-corrected chi connectivity index (χ0v) is 12.6. The maximum atomic E-state index is 6.33. The molecule has 100 valence electrons. The maximum absolute atomic E-state index is 6.33. The number of nitrogens with zero attached hydrogens (tertiary/aromatic N) is 1. The number of piperazine rings is 1. The van der Waals surface area contributed by atoms with Crippen LogP contribution >= 0.6 is 23.2 Å². The molecule has 2 rings (SSSR count). The number of benzene rings is 1. The largest absolute Gasteiger partial charge is 0.314 e. The summed E-state index contributed by atoms with van der Waals surface area (Å²) >= 11 is 12.4. The second-order valence-corrected chi connectivity index (χ2v) is 6.29. The van der Waals surface area contributed by atoms with Crippen LogP contribution in [0, 0.1) is 0 Å². The Balaban J connectivity index is 2.30. The molecule has 0 bridgehead atoms. The van der Waals surface area contributed by atoms with E-state index in [9.17, 15) is 0 Å². The predicted molar refractivity (Wildman–Crippen MR) is 78.5 cm³/mol. The molecule has 1 aliphatic heterocycles. The van der Waals surface area contributed by atoms with Crippen molar-refractivity contribution in [3.63, 3.8) is 0 Å². The summed E-state index contributed by atoms with van der Waals surface area (Å²) in [5.41, 5.74) is 1.24. The van der Waals surface area contributed by atoms with E-state index in [1.54, 1.807) is 0 Å². The third-order valence-corrected chi connectivity index (χ3v) is 4.60. The van der Waals surface area contributed by atoms with Gasteiger partial charge in [-0.3, -0.25) is 4.90 Å². The molecule has 0 radical (unpaired) electrons. The van der Waals surface area contributed by atoms with Crippen LogP contribution in [0.5, 0.6) is 0 Å². The highest BCUT2D eigenvalue weighted by Crippen LogP contribution is 2.35. The first-order chi connectivity index (χ1) is 8.43. The maximum Gasteiger partial charge on any atom is 0.0640 e. The summed E-state index contributed by atoms with van der Waals surface area (Å²) in [5.74, 6) is 0. The minimum absolute atomic E-state index is 0.128. The van der Waals surface area contributed by atoms with Crippen LogP contribution in [-0.2, 0) is 0 Å². The van der Waals surface area contributed by atoms with Crippen molar-refractivity contribution in [1.29, 1.82) is 0 Å². The number of rotatable bonds is 2. The van der Waals surface area contributed by atoms with Crippen LogP contribution in [0.1, 0.15) is 32.4 Å². The molecule has 1 aliphatic rings. The van der Waals surface area contributed by atoms with E-state index in [1.165, 1.54) is 0 Å². The van der Waals surface area contributed by atoms with Gasteiger partial charge in [-0.1, -0.05) is 35.3 Å². The Morgan fingerprint density at radius 3 is 2.72 bits per heavy atom. The fourth-order valence-corrected chi connectivity index (χ4v) is 3.19. The molecule has 0 saturated carbocycles. The summed E-state index contributed by atoms with van der Waals surface area (Å²) in [4.78, 5) is 2.49. The third-order valence-electron chi connectivity index (χ3n) is 3.76. The normalized spacial score (nSPS) is 21.8. The first-order valence-corrected chi connectivity index (χ1v) is 7.10. The third kappa shape index (κ3) is 2.67. The van der Waals surface area contributed by atoms with Gasteiger partial charge in [-0.2, -0.15) is 0 Å². The Kier molecular flexibility index (Phi) is 4.22. The van der Waals surface area contributed by atoms with Crippen molar-refractivity contribution >= 4 is 23.2 Å². The Morgan fingerprint density at radius 1 is 1.33 bits per heavy atom. The van der Waals surface area contributed by atoms with Crippen molar-refractivity contribution in [2.24, 2.45) is 0 Å². The quantitative estimate of drug-likeness (QED) is 0.891. The smallest absolute Gasteiger partial charge is 0.0640 e. The molecule has 1 unspecified atom stereocenters. The van der Waals surface area contributed by atoms with Gasteiger partial charge >= 0.3 is 0 Å². The Bertz CT molecular complexity index is 432. The Labute approximate surface area is 119 Å². The summed E-state index contributed by atoms with van der Waals surface area (Å²) in [6.45, 7) is 9.76. The van der Waals surface area contributed by atoms with Crippen LogP contribution in [0.3, 0.4) is 0 Å². The van der Waals surface area contributed by atoms with Gasteiger partial charge in [0.05, 0.1) is 10.0 Å². The van der Waals surface area contributed by atoms with E-state index in [0.717, 1.165) is 25.2 Å². The van der Waals surface area contributed by atoms with E-state index in [2.05, 4.69) is 37.1 Å². The van der Waals surface area contributed by atoms with Gasteiger partial charge in [-0.05, 0) is 32.4 Å². The van der Waals surface area contributed by atoms with Gasteiger partial charge in [0.15, 0.2) is 0 Å². The SMILES string of the molecule is CC(c1cccc(Cl)c1Cl)N1CCNCC1(C)C. The standard InChI is InChI=1S/C14H20Cl2N2/c1-10(11-5-4-6-12(15)13(11)16)18-8-7-17-9-14(18,2)3/h4-6,10,17H,7-9H2,1-3H3. The second kappa shape index (κ2) is 5.38. The summed E-state index contributed by atoms with van der Waals surface area (Å²) in [6.07, 6.45) is 0. The minimum Gasteiger partial charge on any atom is -0.314 e. The highest BCUT2D eigenvalue weighted by Gasteiger charge is 2.34. The molecule has 0 amide bonds. The fourth-order valence-electron chi connectivity index (χ4n) is 2.73. The molecule has 1 aromatic carbocycles. The van der Waals surface area contributed by atoms with E-state index < -0.39 is 0 Å². The van der Waals surface area contributed by atoms with Crippen molar-refractivity contribution in [2.45, 2.75) is 32.4 Å². The van der Waals surface area contributed by atoms with Crippen LogP contribution in [0.25, 0.3) is 0 Å². The van der Waals surface area contributed by atoms with E-state index in [4.69, 9.17) is 23.2 Å². The van der Waals surface area contributed by atoms with Crippen molar-refractivity contribution in [2.75, 3.05) is 19.6 Å². The molecular formula is C14H20Cl2N2. The van der Waals surface area contributed by atoms with Gasteiger partial charge < -0.3 is 5.32 Å². The molecule has 1 fully saturated rings. The first-order valence-electron chi connectivity index (χ1n) is 6.35. The minimum atomic E-state index is 0.128. The monoisotopic (exact) mass is 286 g/mol. The van der Waals surface area contributed by atoms with Gasteiger partial charge in [-0.15, -0.1) is 0 Å². The van der Waals surface area contributed by atoms with Crippen LogP contribution < -0.4 is 5.32 Å². The fraction of sp³-hybridized carbons (Fsp3) is 0.571. The molecule has 0 aromatic heterocycles. The van der Waals surface area contributed by atoms with Crippen LogP contribution in [0.15, 0.2) is 18.2 Å². The second-order valence-electron chi connectivity index (χ2n) is 5.50. The zero-order valence-electron chi connectivity index (χ0n) is 11.1. The summed E-state index contributed by atoms with van der Waals surface area (Å²) in [6, 6.07) is 6.14. The molecule has 1 heterocycles. The highest BCUT2D eigenvalue weighted by atomic mass is 35.5. The van der Waals surface area contributed by atoms with Crippen LogP contribution in [0.4, 0.5) is 0 Å². The van der Waals surface area contributed by atoms with Crippen molar-refractivity contribution < 1.29 is 0 Å². The zero-order chi connectivity index (χ0) is 13.3. The lowest BCUT2D eigenvalue weighted by Crippen LogP contribution is -2.58. The van der Waals surface area contributed by atoms with E-state index in [1.807, 2.05) is 12.1 Å². The topological polar surface area (TPSA) is 15.3 Å². The molecule has 1 N–H and O–H groups in total. The van der Waals surface area contributed by atoms with Crippen LogP contribution in [-0.4, -0.2) is 30.1 Å². The lowest BCUT2D eigenvalue weighted by Gasteiger charge is -2.46. The van der Waals surface area contributed by atoms with E-state index in [0.29, 0.717) is 10.0 Å². The highest BCUT2D eigenvalue weighted by molar-refractivity contribution is 6.42. The molecule has 4 heteroatoms. The average Bonchev–Trinajstić information content (AvgIpc) is 2.31. The molecule has 1 atom stereocenters. The summed E-state index contributed by atoms with van der Waals surface area (Å²) < 4.78 is 0. The predicted octanol–water partition coefficient (Wildman–Crippen LogP) is 3.74. The van der Waals surface area contributed by atoms with E-state index >= 15 is 0 Å². The molecule has 2 nitrogen and oxygen atoms in total. The molecule has 0 spiro atoms. The van der Waals surface area contributed by atoms with Gasteiger partial charge in [-0.25, -0.2) is 0 Å². The number of halogens is 2. The molecule has 0 aliphatic carbocycles. The van der Waals surface area contributed by atoms with Crippen molar-refractivity contribution in [3.05, 3.63) is 33.8 Å². The molecule has 18 heavy (non-hydrogen) atoms. The lowest BCUT2D eigenvalue weighted by molar-refractivity contribution is 0.0517. The van der Waals surface area contributed by atoms with Gasteiger partial charge in [0.2, 0.25) is 0 Å². The summed E-state index contributed by atoms with van der Waals surface area (Å²) in [5, 5.41) is 4.75. The number of hydrogen-bond acceptors (Lipinski definition) is 2. The van der Waals surface area contributed by atoms with Gasteiger partial charge in [0.1, 0.15) is 0 Å². The van der Waals surface area contributed by atoms with E-state index in [-0.39, 0.29) is 11.6 Å². The first kappa shape index (κ1) is 14.1. The molecule has 1 aromatic rings. The van der Waals surface area contributed by atoms with Crippen molar-refractivity contribution in [1.82, 2.24) is 10.2 Å². The Morgan fingerprint density at radius 2 is 2.06 bits per heavy atom. The number of hydrogen-bond donors (Lipinski definition) is 1. The van der Waals surface area contributed by atoms with Crippen molar-refractivity contribution in [3.8, 4) is 0 Å². The van der Waals surface area contributed by atoms with Gasteiger partial charge in [0, 0.05) is 31.2 Å². The van der Waals surface area contributed by atoms with Crippen LogP contribution in [0.2, 0.25) is 10.0 Å². The molecular weight excluding hydrogens is 267 g/mol. The molecule has 1 saturated heterocycles. The summed E-state index contributed by atoms with van der Waals surface area (Å²) in [7, 11) is 0. The average molecular weight is 287 g/mol.